The molecule has 0 aliphatic heterocycles. The Hall–Kier alpha value is -1.84. The molecule has 0 atom stereocenters. The van der Waals surface area contributed by atoms with Gasteiger partial charge in [-0.2, -0.15) is 0 Å². The van der Waals surface area contributed by atoms with Gasteiger partial charge in [-0.25, -0.2) is 0 Å². The zero-order valence-corrected chi connectivity index (χ0v) is 14.4. The second kappa shape index (κ2) is 9.33. The van der Waals surface area contributed by atoms with Gasteiger partial charge in [0.2, 0.25) is 0 Å². The van der Waals surface area contributed by atoms with E-state index < -0.39 is 0 Å². The molecule has 0 amide bonds. The van der Waals surface area contributed by atoms with E-state index in [0.29, 0.717) is 0 Å². The lowest BCUT2D eigenvalue weighted by Crippen LogP contribution is -2.26. The predicted molar refractivity (Wildman–Crippen MR) is 96.7 cm³/mol. The SMILES string of the molecule is C=CCN(CCCOC)Cc1cccn1Cc1ccc(C)cc1. The maximum atomic E-state index is 5.16. The Morgan fingerprint density at radius 1 is 1.22 bits per heavy atom. The van der Waals surface area contributed by atoms with E-state index in [-0.39, 0.29) is 0 Å². The van der Waals surface area contributed by atoms with Crippen molar-refractivity contribution in [3.8, 4) is 0 Å². The van der Waals surface area contributed by atoms with E-state index in [1.807, 2.05) is 6.08 Å². The highest BCUT2D eigenvalue weighted by atomic mass is 16.5. The molecular weight excluding hydrogens is 284 g/mol. The van der Waals surface area contributed by atoms with Gasteiger partial charge in [0, 0.05) is 51.8 Å². The zero-order valence-electron chi connectivity index (χ0n) is 14.4. The Morgan fingerprint density at radius 3 is 2.70 bits per heavy atom. The Morgan fingerprint density at radius 2 is 2.00 bits per heavy atom. The summed E-state index contributed by atoms with van der Waals surface area (Å²) in [4.78, 5) is 2.41. The van der Waals surface area contributed by atoms with Gasteiger partial charge in [-0.15, -0.1) is 6.58 Å². The molecule has 124 valence electrons. The van der Waals surface area contributed by atoms with E-state index in [4.69, 9.17) is 4.74 Å². The van der Waals surface area contributed by atoms with Crippen LogP contribution in [0, 0.1) is 6.92 Å². The maximum Gasteiger partial charge on any atom is 0.0474 e. The monoisotopic (exact) mass is 312 g/mol. The van der Waals surface area contributed by atoms with Crippen molar-refractivity contribution in [3.05, 3.63) is 72.1 Å². The number of benzene rings is 1. The van der Waals surface area contributed by atoms with Crippen molar-refractivity contribution >= 4 is 0 Å². The molecule has 3 heteroatoms. The molecule has 0 unspecified atom stereocenters. The fourth-order valence-electron chi connectivity index (χ4n) is 2.72. The van der Waals surface area contributed by atoms with Crippen molar-refractivity contribution in [2.24, 2.45) is 0 Å². The van der Waals surface area contributed by atoms with Gasteiger partial charge in [-0.3, -0.25) is 4.90 Å². The Labute approximate surface area is 140 Å². The van der Waals surface area contributed by atoms with Gasteiger partial charge in [0.25, 0.3) is 0 Å². The van der Waals surface area contributed by atoms with Crippen molar-refractivity contribution in [2.45, 2.75) is 26.4 Å². The van der Waals surface area contributed by atoms with E-state index in [0.717, 1.165) is 39.2 Å². The average Bonchev–Trinajstić information content (AvgIpc) is 2.97. The quantitative estimate of drug-likeness (QED) is 0.489. The predicted octanol–water partition coefficient (Wildman–Crippen LogP) is 3.87. The first-order chi connectivity index (χ1) is 11.2. The van der Waals surface area contributed by atoms with Crippen LogP contribution in [0.3, 0.4) is 0 Å². The van der Waals surface area contributed by atoms with Crippen molar-refractivity contribution in [1.82, 2.24) is 9.47 Å². The summed E-state index contributed by atoms with van der Waals surface area (Å²) in [6, 6.07) is 13.1. The highest BCUT2D eigenvalue weighted by molar-refractivity contribution is 5.22. The smallest absolute Gasteiger partial charge is 0.0474 e. The molecule has 0 fully saturated rings. The lowest BCUT2D eigenvalue weighted by molar-refractivity contribution is 0.173. The summed E-state index contributed by atoms with van der Waals surface area (Å²) in [6.07, 6.45) is 5.18. The minimum Gasteiger partial charge on any atom is -0.385 e. The molecule has 2 aromatic rings. The van der Waals surface area contributed by atoms with Gasteiger partial charge in [0.15, 0.2) is 0 Å². The van der Waals surface area contributed by atoms with Gasteiger partial charge in [-0.05, 0) is 31.0 Å². The van der Waals surface area contributed by atoms with Crippen LogP contribution >= 0.6 is 0 Å². The van der Waals surface area contributed by atoms with E-state index in [9.17, 15) is 0 Å². The fourth-order valence-corrected chi connectivity index (χ4v) is 2.72. The molecule has 1 heterocycles. The van der Waals surface area contributed by atoms with Crippen LogP contribution < -0.4 is 0 Å². The third-order valence-electron chi connectivity index (χ3n) is 3.99. The number of nitrogens with zero attached hydrogens (tertiary/aromatic N) is 2. The summed E-state index contributed by atoms with van der Waals surface area (Å²) in [6.45, 7) is 10.6. The number of ether oxygens (including phenoxy) is 1. The van der Waals surface area contributed by atoms with Gasteiger partial charge >= 0.3 is 0 Å². The standard InChI is InChI=1S/C20H28N2O/c1-4-12-21(13-6-15-23-3)17-20-7-5-14-22(20)16-19-10-8-18(2)9-11-19/h4-5,7-11,14H,1,6,12-13,15-17H2,2-3H3. The normalized spacial score (nSPS) is 11.1. The molecule has 0 radical (unpaired) electrons. The highest BCUT2D eigenvalue weighted by Gasteiger charge is 2.08. The van der Waals surface area contributed by atoms with Crippen molar-refractivity contribution < 1.29 is 4.74 Å². The molecule has 0 aliphatic carbocycles. The van der Waals surface area contributed by atoms with E-state index in [2.05, 4.69) is 65.6 Å². The van der Waals surface area contributed by atoms with Crippen LogP contribution in [-0.2, 0) is 17.8 Å². The lowest BCUT2D eigenvalue weighted by Gasteiger charge is -2.21. The third kappa shape index (κ3) is 5.70. The topological polar surface area (TPSA) is 17.4 Å². The number of hydrogen-bond donors (Lipinski definition) is 0. The number of rotatable bonds is 10. The molecule has 1 aromatic carbocycles. The second-order valence-corrected chi connectivity index (χ2v) is 5.98. The molecule has 1 aromatic heterocycles. The first kappa shape index (κ1) is 17.5. The van der Waals surface area contributed by atoms with Crippen LogP contribution in [-0.4, -0.2) is 36.3 Å². The zero-order chi connectivity index (χ0) is 16.5. The lowest BCUT2D eigenvalue weighted by atomic mass is 10.1. The summed E-state index contributed by atoms with van der Waals surface area (Å²) >= 11 is 0. The average molecular weight is 312 g/mol. The van der Waals surface area contributed by atoms with Gasteiger partial charge in [-0.1, -0.05) is 35.9 Å². The van der Waals surface area contributed by atoms with Crippen molar-refractivity contribution in [2.75, 3.05) is 26.8 Å². The summed E-state index contributed by atoms with van der Waals surface area (Å²) in [7, 11) is 1.75. The molecule has 0 N–H and O–H groups in total. The van der Waals surface area contributed by atoms with Crippen LogP contribution in [0.15, 0.2) is 55.3 Å². The molecule has 0 bridgehead atoms. The third-order valence-corrected chi connectivity index (χ3v) is 3.99. The minimum absolute atomic E-state index is 0.804. The molecule has 0 aliphatic rings. The summed E-state index contributed by atoms with van der Waals surface area (Å²) in [5.74, 6) is 0. The van der Waals surface area contributed by atoms with E-state index in [1.54, 1.807) is 7.11 Å². The number of aryl methyl sites for hydroxylation is 1. The Balaban J connectivity index is 2.00. The van der Waals surface area contributed by atoms with E-state index >= 15 is 0 Å². The summed E-state index contributed by atoms with van der Waals surface area (Å²) < 4.78 is 7.49. The first-order valence-electron chi connectivity index (χ1n) is 8.24. The van der Waals surface area contributed by atoms with Crippen LogP contribution in [0.4, 0.5) is 0 Å². The highest BCUT2D eigenvalue weighted by Crippen LogP contribution is 2.12. The van der Waals surface area contributed by atoms with Crippen LogP contribution in [0.2, 0.25) is 0 Å². The molecule has 2 rings (SSSR count). The molecule has 3 nitrogen and oxygen atoms in total. The van der Waals surface area contributed by atoms with E-state index in [1.165, 1.54) is 16.8 Å². The number of aromatic nitrogens is 1. The van der Waals surface area contributed by atoms with Crippen molar-refractivity contribution in [3.63, 3.8) is 0 Å². The van der Waals surface area contributed by atoms with Gasteiger partial charge in [0.1, 0.15) is 0 Å². The van der Waals surface area contributed by atoms with Crippen LogP contribution in [0.25, 0.3) is 0 Å². The van der Waals surface area contributed by atoms with Crippen molar-refractivity contribution in [1.29, 1.82) is 0 Å². The molecule has 0 saturated heterocycles. The Bertz CT molecular complexity index is 586. The minimum atomic E-state index is 0.804. The summed E-state index contributed by atoms with van der Waals surface area (Å²) in [5, 5.41) is 0. The first-order valence-corrected chi connectivity index (χ1v) is 8.24. The molecular formula is C20H28N2O. The largest absolute Gasteiger partial charge is 0.385 e. The molecule has 0 saturated carbocycles. The van der Waals surface area contributed by atoms with Crippen LogP contribution in [0.5, 0.6) is 0 Å². The summed E-state index contributed by atoms with van der Waals surface area (Å²) in [5.41, 5.74) is 3.98. The van der Waals surface area contributed by atoms with Gasteiger partial charge < -0.3 is 9.30 Å². The number of methoxy groups -OCH3 is 1. The Kier molecular flexibility index (Phi) is 7.11. The fraction of sp³-hybridized carbons (Fsp3) is 0.400. The molecule has 23 heavy (non-hydrogen) atoms. The van der Waals surface area contributed by atoms with Crippen LogP contribution in [0.1, 0.15) is 23.2 Å². The van der Waals surface area contributed by atoms with Gasteiger partial charge in [0.05, 0.1) is 0 Å². The number of hydrogen-bond acceptors (Lipinski definition) is 2. The molecule has 0 spiro atoms. The second-order valence-electron chi connectivity index (χ2n) is 5.98. The maximum absolute atomic E-state index is 5.16.